The fraction of sp³-hybridized carbons (Fsp3) is 0.348. The van der Waals surface area contributed by atoms with Gasteiger partial charge >= 0.3 is 0 Å². The van der Waals surface area contributed by atoms with Crippen molar-refractivity contribution < 1.29 is 9.90 Å². The standard InChI is InChI=1S/C23H23N3O2/c24-14-20-22(18-11-5-4-10-17(18)16-8-2-1-3-9-16)21(15-27)26(20)23(28)19-12-6-7-13-25-19/h4-8,10-13,20-22,27H,1-3,9,15H2/t20-,21+,22-/m1/s1. The highest BCUT2D eigenvalue weighted by Gasteiger charge is 2.52. The molecule has 5 nitrogen and oxygen atoms in total. The summed E-state index contributed by atoms with van der Waals surface area (Å²) in [6, 6.07) is 14.5. The maximum Gasteiger partial charge on any atom is 0.273 e. The number of nitrogens with zero attached hydrogens (tertiary/aromatic N) is 3. The van der Waals surface area contributed by atoms with Gasteiger partial charge in [-0.3, -0.25) is 9.78 Å². The first-order chi connectivity index (χ1) is 13.8. The van der Waals surface area contributed by atoms with E-state index in [9.17, 15) is 15.2 Å². The average molecular weight is 373 g/mol. The van der Waals surface area contributed by atoms with Gasteiger partial charge in [0.2, 0.25) is 0 Å². The third kappa shape index (κ3) is 3.10. The third-order valence-corrected chi connectivity index (χ3v) is 5.81. The van der Waals surface area contributed by atoms with Gasteiger partial charge in [-0.1, -0.05) is 36.4 Å². The number of aliphatic hydroxyl groups excluding tert-OH is 1. The third-order valence-electron chi connectivity index (χ3n) is 5.81. The largest absolute Gasteiger partial charge is 0.394 e. The van der Waals surface area contributed by atoms with E-state index in [4.69, 9.17) is 0 Å². The Kier molecular flexibility index (Phi) is 5.23. The normalized spacial score (nSPS) is 24.1. The van der Waals surface area contributed by atoms with Crippen molar-refractivity contribution in [3.05, 3.63) is 71.6 Å². The van der Waals surface area contributed by atoms with Crippen molar-refractivity contribution >= 4 is 11.5 Å². The minimum absolute atomic E-state index is 0.186. The summed E-state index contributed by atoms with van der Waals surface area (Å²) in [6.07, 6.45) is 8.32. The monoisotopic (exact) mass is 373 g/mol. The zero-order valence-electron chi connectivity index (χ0n) is 15.7. The molecule has 5 heteroatoms. The summed E-state index contributed by atoms with van der Waals surface area (Å²) in [5.41, 5.74) is 3.80. The number of allylic oxidation sites excluding steroid dienone is 2. The second-order valence-electron chi connectivity index (χ2n) is 7.34. The highest BCUT2D eigenvalue weighted by Crippen LogP contribution is 2.44. The van der Waals surface area contributed by atoms with Gasteiger partial charge in [0.1, 0.15) is 11.7 Å². The van der Waals surface area contributed by atoms with Crippen molar-refractivity contribution in [3.63, 3.8) is 0 Å². The van der Waals surface area contributed by atoms with Crippen LogP contribution in [-0.4, -0.2) is 39.6 Å². The fourth-order valence-electron chi connectivity index (χ4n) is 4.44. The van der Waals surface area contributed by atoms with Crippen LogP contribution in [0.1, 0.15) is 53.2 Å². The smallest absolute Gasteiger partial charge is 0.273 e. The molecule has 1 aliphatic carbocycles. The molecule has 0 unspecified atom stereocenters. The zero-order valence-corrected chi connectivity index (χ0v) is 15.7. The van der Waals surface area contributed by atoms with E-state index in [0.717, 1.165) is 24.0 Å². The van der Waals surface area contributed by atoms with Gasteiger partial charge in [0.25, 0.3) is 5.91 Å². The number of rotatable bonds is 4. The number of hydrogen-bond acceptors (Lipinski definition) is 4. The Labute approximate surface area is 164 Å². The molecular formula is C23H23N3O2. The van der Waals surface area contributed by atoms with E-state index in [1.807, 2.05) is 18.2 Å². The van der Waals surface area contributed by atoms with E-state index >= 15 is 0 Å². The van der Waals surface area contributed by atoms with Gasteiger partial charge in [-0.2, -0.15) is 5.26 Å². The van der Waals surface area contributed by atoms with Crippen molar-refractivity contribution in [1.29, 1.82) is 5.26 Å². The number of aromatic nitrogens is 1. The molecule has 2 aromatic rings. The topological polar surface area (TPSA) is 77.2 Å². The summed E-state index contributed by atoms with van der Waals surface area (Å²) in [5, 5.41) is 19.9. The fourth-order valence-corrected chi connectivity index (χ4v) is 4.44. The number of hydrogen-bond donors (Lipinski definition) is 1. The van der Waals surface area contributed by atoms with E-state index in [-0.39, 0.29) is 18.4 Å². The molecule has 2 heterocycles. The van der Waals surface area contributed by atoms with Crippen LogP contribution < -0.4 is 0 Å². The Balaban J connectivity index is 1.69. The zero-order chi connectivity index (χ0) is 19.5. The second kappa shape index (κ2) is 7.95. The second-order valence-corrected chi connectivity index (χ2v) is 7.34. The van der Waals surface area contributed by atoms with Crippen molar-refractivity contribution in [2.45, 2.75) is 43.7 Å². The lowest BCUT2D eigenvalue weighted by molar-refractivity contribution is -0.00636. The summed E-state index contributed by atoms with van der Waals surface area (Å²) in [5.74, 6) is -0.515. The lowest BCUT2D eigenvalue weighted by Gasteiger charge is -2.52. The molecule has 1 saturated heterocycles. The lowest BCUT2D eigenvalue weighted by atomic mass is 9.72. The van der Waals surface area contributed by atoms with Crippen LogP contribution in [-0.2, 0) is 0 Å². The molecule has 0 spiro atoms. The first-order valence-corrected chi connectivity index (χ1v) is 9.78. The number of likely N-dealkylation sites (tertiary alicyclic amines) is 1. The molecular weight excluding hydrogens is 350 g/mol. The number of benzene rings is 1. The molecule has 1 aromatic carbocycles. The molecule has 1 amide bonds. The van der Waals surface area contributed by atoms with Crippen LogP contribution in [0.3, 0.4) is 0 Å². The van der Waals surface area contributed by atoms with Gasteiger partial charge in [-0.05, 0) is 54.5 Å². The Hall–Kier alpha value is -2.97. The summed E-state index contributed by atoms with van der Waals surface area (Å²) in [4.78, 5) is 18.5. The number of aliphatic hydroxyl groups is 1. The van der Waals surface area contributed by atoms with Gasteiger partial charge in [0.05, 0.1) is 18.7 Å². The molecule has 0 saturated carbocycles. The number of carbonyl (C=O) groups excluding carboxylic acids is 1. The first-order valence-electron chi connectivity index (χ1n) is 9.78. The van der Waals surface area contributed by atoms with Crippen molar-refractivity contribution in [1.82, 2.24) is 9.88 Å². The van der Waals surface area contributed by atoms with Gasteiger partial charge in [0, 0.05) is 12.1 Å². The van der Waals surface area contributed by atoms with E-state index in [0.29, 0.717) is 5.69 Å². The van der Waals surface area contributed by atoms with Gasteiger partial charge in [0.15, 0.2) is 0 Å². The van der Waals surface area contributed by atoms with E-state index in [1.165, 1.54) is 23.3 Å². The van der Waals surface area contributed by atoms with Gasteiger partial charge in [-0.25, -0.2) is 0 Å². The first kappa shape index (κ1) is 18.4. The highest BCUT2D eigenvalue weighted by molar-refractivity contribution is 5.94. The van der Waals surface area contributed by atoms with E-state index in [2.05, 4.69) is 23.2 Å². The molecule has 1 N–H and O–H groups in total. The molecule has 4 rings (SSSR count). The highest BCUT2D eigenvalue weighted by atomic mass is 16.3. The van der Waals surface area contributed by atoms with Crippen LogP contribution in [0.5, 0.6) is 0 Å². The molecule has 28 heavy (non-hydrogen) atoms. The Morgan fingerprint density at radius 3 is 2.71 bits per heavy atom. The minimum Gasteiger partial charge on any atom is -0.394 e. The molecule has 1 aromatic heterocycles. The summed E-state index contributed by atoms with van der Waals surface area (Å²) >= 11 is 0. The maximum atomic E-state index is 12.9. The number of nitriles is 1. The molecule has 3 atom stereocenters. The van der Waals surface area contributed by atoms with Crippen LogP contribution in [0.4, 0.5) is 0 Å². The molecule has 1 aliphatic heterocycles. The lowest BCUT2D eigenvalue weighted by Crippen LogP contribution is -2.65. The predicted octanol–water partition coefficient (Wildman–Crippen LogP) is 3.53. The quantitative estimate of drug-likeness (QED) is 0.889. The minimum atomic E-state index is -0.614. The molecule has 142 valence electrons. The summed E-state index contributed by atoms with van der Waals surface area (Å²) < 4.78 is 0. The Morgan fingerprint density at radius 1 is 1.21 bits per heavy atom. The molecule has 0 radical (unpaired) electrons. The van der Waals surface area contributed by atoms with E-state index < -0.39 is 12.1 Å². The summed E-state index contributed by atoms with van der Waals surface area (Å²) in [6.45, 7) is -0.186. The Morgan fingerprint density at radius 2 is 2.04 bits per heavy atom. The van der Waals surface area contributed by atoms with Crippen molar-refractivity contribution in [2.24, 2.45) is 0 Å². The van der Waals surface area contributed by atoms with Crippen molar-refractivity contribution in [3.8, 4) is 6.07 Å². The van der Waals surface area contributed by atoms with Crippen LogP contribution in [0.15, 0.2) is 54.7 Å². The van der Waals surface area contributed by atoms with Crippen LogP contribution in [0, 0.1) is 11.3 Å². The Bertz CT molecular complexity index is 932. The number of amides is 1. The van der Waals surface area contributed by atoms with Gasteiger partial charge in [-0.15, -0.1) is 0 Å². The predicted molar refractivity (Wildman–Crippen MR) is 106 cm³/mol. The maximum absolute atomic E-state index is 12.9. The average Bonchev–Trinajstić information content (AvgIpc) is 2.75. The molecule has 2 aliphatic rings. The van der Waals surface area contributed by atoms with Crippen LogP contribution >= 0.6 is 0 Å². The van der Waals surface area contributed by atoms with E-state index in [1.54, 1.807) is 24.4 Å². The number of carbonyl (C=O) groups is 1. The SMILES string of the molecule is N#C[C@@H]1[C@@H](c2ccccc2C2=CCCCC2)[C@H](CO)N1C(=O)c1ccccn1. The summed E-state index contributed by atoms with van der Waals surface area (Å²) in [7, 11) is 0. The van der Waals surface area contributed by atoms with Crippen molar-refractivity contribution in [2.75, 3.05) is 6.61 Å². The van der Waals surface area contributed by atoms with Gasteiger partial charge < -0.3 is 10.0 Å². The number of pyridine rings is 1. The van der Waals surface area contributed by atoms with Crippen LogP contribution in [0.2, 0.25) is 0 Å². The molecule has 1 fully saturated rings. The molecule has 0 bridgehead atoms. The van der Waals surface area contributed by atoms with Crippen LogP contribution in [0.25, 0.3) is 5.57 Å².